The first kappa shape index (κ1) is 13.3. The van der Waals surface area contributed by atoms with Gasteiger partial charge in [-0.1, -0.05) is 18.2 Å². The van der Waals surface area contributed by atoms with E-state index in [4.69, 9.17) is 11.6 Å². The molecular weight excluding hydrogens is 292 g/mol. The van der Waals surface area contributed by atoms with Gasteiger partial charge in [-0.15, -0.1) is 22.9 Å². The van der Waals surface area contributed by atoms with Crippen LogP contribution in [0, 0.1) is 0 Å². The van der Waals surface area contributed by atoms with Gasteiger partial charge in [-0.2, -0.15) is 0 Å². The van der Waals surface area contributed by atoms with Gasteiger partial charge in [0.1, 0.15) is 5.82 Å². The van der Waals surface area contributed by atoms with Crippen LogP contribution in [-0.4, -0.2) is 15.3 Å². The van der Waals surface area contributed by atoms with Crippen LogP contribution in [0.25, 0.3) is 11.0 Å². The number of imidazole rings is 1. The van der Waals surface area contributed by atoms with E-state index in [9.17, 15) is 4.79 Å². The van der Waals surface area contributed by atoms with Gasteiger partial charge in [-0.05, 0) is 23.6 Å². The number of halogens is 1. The van der Waals surface area contributed by atoms with Crippen LogP contribution in [0.1, 0.15) is 21.9 Å². The maximum absolute atomic E-state index is 12.1. The number of carbonyl (C=O) groups excluding carboxylic acids is 1. The number of hydrogen-bond donors (Lipinski definition) is 0. The predicted molar refractivity (Wildman–Crippen MR) is 82.6 cm³/mol. The Morgan fingerprint density at radius 1 is 1.25 bits per heavy atom. The molecular formula is C15H13ClN2OS. The van der Waals surface area contributed by atoms with Gasteiger partial charge in [-0.25, -0.2) is 4.98 Å². The van der Waals surface area contributed by atoms with Gasteiger partial charge < -0.3 is 4.57 Å². The summed E-state index contributed by atoms with van der Waals surface area (Å²) in [4.78, 5) is 17.4. The highest BCUT2D eigenvalue weighted by Crippen LogP contribution is 2.19. The zero-order chi connectivity index (χ0) is 13.9. The minimum atomic E-state index is 0.165. The Labute approximate surface area is 125 Å². The molecule has 0 fully saturated rings. The lowest BCUT2D eigenvalue weighted by Gasteiger charge is -2.06. The average Bonchev–Trinajstić information content (AvgIpc) is 3.12. The summed E-state index contributed by atoms with van der Waals surface area (Å²) in [6.07, 6.45) is 0.463. The van der Waals surface area contributed by atoms with Gasteiger partial charge in [0, 0.05) is 13.0 Å². The molecule has 0 saturated carbocycles. The number of fused-ring (bicyclic) bond motifs is 1. The van der Waals surface area contributed by atoms with Crippen LogP contribution < -0.4 is 0 Å². The molecule has 5 heteroatoms. The maximum atomic E-state index is 12.1. The number of thiophene rings is 1. The smallest absolute Gasteiger partial charge is 0.174 e. The van der Waals surface area contributed by atoms with E-state index in [0.717, 1.165) is 21.7 Å². The van der Waals surface area contributed by atoms with Gasteiger partial charge in [-0.3, -0.25) is 4.79 Å². The molecule has 0 N–H and O–H groups in total. The zero-order valence-electron chi connectivity index (χ0n) is 10.8. The third-order valence-electron chi connectivity index (χ3n) is 3.21. The Hall–Kier alpha value is -1.65. The third-order valence-corrected chi connectivity index (χ3v) is 4.36. The molecule has 2 aromatic heterocycles. The van der Waals surface area contributed by atoms with Crippen LogP contribution >= 0.6 is 22.9 Å². The number of nitrogens with zero attached hydrogens (tertiary/aromatic N) is 2. The number of carbonyl (C=O) groups is 1. The Bertz CT molecular complexity index is 734. The summed E-state index contributed by atoms with van der Waals surface area (Å²) in [5, 5.41) is 1.92. The second kappa shape index (κ2) is 5.77. The van der Waals surface area contributed by atoms with Crippen LogP contribution in [-0.2, 0) is 12.4 Å². The van der Waals surface area contributed by atoms with Crippen molar-refractivity contribution < 1.29 is 4.79 Å². The quantitative estimate of drug-likeness (QED) is 0.525. The average molecular weight is 305 g/mol. The number of benzene rings is 1. The van der Waals surface area contributed by atoms with Crippen molar-refractivity contribution in [1.29, 1.82) is 0 Å². The minimum absolute atomic E-state index is 0.165. The lowest BCUT2D eigenvalue weighted by molar-refractivity contribution is 0.0981. The maximum Gasteiger partial charge on any atom is 0.174 e. The summed E-state index contributed by atoms with van der Waals surface area (Å²) in [5.74, 6) is 1.33. The number of aryl methyl sites for hydroxylation is 1. The number of hydrogen-bond acceptors (Lipinski definition) is 3. The number of para-hydroxylation sites is 2. The van der Waals surface area contributed by atoms with E-state index in [1.165, 1.54) is 11.3 Å². The molecule has 1 aromatic carbocycles. The molecule has 102 valence electrons. The fraction of sp³-hybridized carbons (Fsp3) is 0.200. The molecule has 0 radical (unpaired) electrons. The zero-order valence-corrected chi connectivity index (χ0v) is 12.3. The Morgan fingerprint density at radius 2 is 2.10 bits per heavy atom. The SMILES string of the molecule is O=C(CCn1c(CCl)nc2ccccc21)c1cccs1. The number of alkyl halides is 1. The third kappa shape index (κ3) is 2.49. The molecule has 0 unspecified atom stereocenters. The van der Waals surface area contributed by atoms with Crippen molar-refractivity contribution in [3.63, 3.8) is 0 Å². The summed E-state index contributed by atoms with van der Waals surface area (Å²) in [7, 11) is 0. The first-order chi connectivity index (χ1) is 9.79. The van der Waals surface area contributed by atoms with Gasteiger partial charge in [0.2, 0.25) is 0 Å². The molecule has 0 bridgehead atoms. The Morgan fingerprint density at radius 3 is 2.85 bits per heavy atom. The highest BCUT2D eigenvalue weighted by atomic mass is 35.5. The number of Topliss-reactive ketones (excluding diaryl/α,β-unsaturated/α-hetero) is 1. The van der Waals surface area contributed by atoms with E-state index in [2.05, 4.69) is 4.98 Å². The molecule has 20 heavy (non-hydrogen) atoms. The second-order valence-corrected chi connectivity index (χ2v) is 5.67. The monoisotopic (exact) mass is 304 g/mol. The fourth-order valence-electron chi connectivity index (χ4n) is 2.25. The number of aromatic nitrogens is 2. The molecule has 0 atom stereocenters. The molecule has 2 heterocycles. The number of rotatable bonds is 5. The van der Waals surface area contributed by atoms with Crippen LogP contribution in [0.4, 0.5) is 0 Å². The molecule has 0 saturated heterocycles. The lowest BCUT2D eigenvalue weighted by atomic mass is 10.2. The largest absolute Gasteiger partial charge is 0.327 e. The van der Waals surface area contributed by atoms with Crippen molar-refractivity contribution in [1.82, 2.24) is 9.55 Å². The van der Waals surface area contributed by atoms with E-state index in [1.807, 2.05) is 46.3 Å². The molecule has 0 spiro atoms. The minimum Gasteiger partial charge on any atom is -0.327 e. The fourth-order valence-corrected chi connectivity index (χ4v) is 3.15. The standard InChI is InChI=1S/C15H13ClN2OS/c16-10-15-17-11-4-1-2-5-12(11)18(15)8-7-13(19)14-6-3-9-20-14/h1-6,9H,7-8,10H2. The summed E-state index contributed by atoms with van der Waals surface area (Å²) in [5.41, 5.74) is 1.95. The van der Waals surface area contributed by atoms with E-state index in [0.29, 0.717) is 18.8 Å². The van der Waals surface area contributed by atoms with Crippen molar-refractivity contribution in [2.24, 2.45) is 0 Å². The van der Waals surface area contributed by atoms with Crippen LogP contribution in [0.2, 0.25) is 0 Å². The van der Waals surface area contributed by atoms with E-state index >= 15 is 0 Å². The summed E-state index contributed by atoms with van der Waals surface area (Å²) in [6.45, 7) is 0.610. The Kier molecular flexibility index (Phi) is 3.85. The molecule has 0 amide bonds. The topological polar surface area (TPSA) is 34.9 Å². The molecule has 0 aliphatic carbocycles. The first-order valence-electron chi connectivity index (χ1n) is 6.36. The lowest BCUT2D eigenvalue weighted by Crippen LogP contribution is -2.07. The number of ketones is 1. The van der Waals surface area contributed by atoms with E-state index in [1.54, 1.807) is 0 Å². The molecule has 3 aromatic rings. The Balaban J connectivity index is 1.85. The second-order valence-electron chi connectivity index (χ2n) is 4.45. The molecule has 3 nitrogen and oxygen atoms in total. The summed E-state index contributed by atoms with van der Waals surface area (Å²) >= 11 is 7.43. The van der Waals surface area contributed by atoms with Crippen LogP contribution in [0.15, 0.2) is 41.8 Å². The van der Waals surface area contributed by atoms with Crippen molar-refractivity contribution in [2.45, 2.75) is 18.8 Å². The van der Waals surface area contributed by atoms with Gasteiger partial charge >= 0.3 is 0 Å². The van der Waals surface area contributed by atoms with Crippen LogP contribution in [0.3, 0.4) is 0 Å². The van der Waals surface area contributed by atoms with Crippen molar-refractivity contribution in [3.05, 3.63) is 52.5 Å². The first-order valence-corrected chi connectivity index (χ1v) is 7.78. The van der Waals surface area contributed by atoms with E-state index in [-0.39, 0.29) is 5.78 Å². The van der Waals surface area contributed by atoms with Gasteiger partial charge in [0.25, 0.3) is 0 Å². The normalized spacial score (nSPS) is 11.1. The predicted octanol–water partition coefficient (Wildman–Crippen LogP) is 4.11. The highest BCUT2D eigenvalue weighted by molar-refractivity contribution is 7.12. The van der Waals surface area contributed by atoms with E-state index < -0.39 is 0 Å². The van der Waals surface area contributed by atoms with Crippen molar-refractivity contribution in [2.75, 3.05) is 0 Å². The molecule has 0 aliphatic rings. The van der Waals surface area contributed by atoms with Crippen LogP contribution in [0.5, 0.6) is 0 Å². The van der Waals surface area contributed by atoms with Gasteiger partial charge in [0.05, 0.1) is 21.8 Å². The summed E-state index contributed by atoms with van der Waals surface area (Å²) in [6, 6.07) is 11.7. The molecule has 0 aliphatic heterocycles. The summed E-state index contributed by atoms with van der Waals surface area (Å²) < 4.78 is 2.04. The highest BCUT2D eigenvalue weighted by Gasteiger charge is 2.12. The van der Waals surface area contributed by atoms with Crippen molar-refractivity contribution in [3.8, 4) is 0 Å². The van der Waals surface area contributed by atoms with Crippen molar-refractivity contribution >= 4 is 39.8 Å². The molecule has 3 rings (SSSR count). The van der Waals surface area contributed by atoms with Gasteiger partial charge in [0.15, 0.2) is 5.78 Å².